The highest BCUT2D eigenvalue weighted by Crippen LogP contribution is 2.44. The minimum atomic E-state index is -4.51. The average molecular weight is 902 g/mol. The first-order valence-corrected chi connectivity index (χ1v) is 24.7. The van der Waals surface area contributed by atoms with Crippen molar-refractivity contribution in [2.24, 2.45) is 11.3 Å². The maximum Gasteiger partial charge on any atom is 0.293 e. The number of likely N-dealkylation sites (tertiary alicyclic amines) is 1. The number of carbonyl (C=O) groups excluding carboxylic acids is 1. The standard InChI is InChI=1S/C47H61ClN8O6S/c1-47(2)19-16-32(39(28-47)31-6-8-33(48)9-7-31)30-53-22-24-55(25-23-53)36-12-14-38(45(26-36)62-44-5-3-4-41-40(44)29-49-51-41)46(57)52-63(60,61)37-13-15-42(43(27-37)56(58)59)50-34-17-20-54(21-18-34)35-10-11-35/h6-9,12-15,26-27,34-35,40-41,44,49-51H,3-5,10-11,16-25,28-30H2,1-2H3,(H,52,57). The normalized spacial score (nSPS) is 24.8. The highest BCUT2D eigenvalue weighted by Gasteiger charge is 2.39. The number of hydrogen-bond donors (Lipinski definition) is 4. The first kappa shape index (κ1) is 44.0. The van der Waals surface area contributed by atoms with Crippen molar-refractivity contribution in [1.29, 1.82) is 0 Å². The van der Waals surface area contributed by atoms with Gasteiger partial charge in [0.15, 0.2) is 0 Å². The number of nitro benzene ring substituents is 1. The molecule has 0 aromatic heterocycles. The molecule has 6 aliphatic rings. The molecule has 3 unspecified atom stereocenters. The molecular formula is C47H61ClN8O6S. The zero-order chi connectivity index (χ0) is 43.9. The van der Waals surface area contributed by atoms with E-state index in [0.717, 1.165) is 121 Å². The molecule has 3 heterocycles. The van der Waals surface area contributed by atoms with Gasteiger partial charge in [-0.1, -0.05) is 43.2 Å². The summed E-state index contributed by atoms with van der Waals surface area (Å²) < 4.78 is 36.6. The lowest BCUT2D eigenvalue weighted by Crippen LogP contribution is -2.47. The number of carbonyl (C=O) groups is 1. The van der Waals surface area contributed by atoms with Crippen LogP contribution in [0.2, 0.25) is 5.02 Å². The number of halogens is 1. The van der Waals surface area contributed by atoms with E-state index in [9.17, 15) is 23.3 Å². The van der Waals surface area contributed by atoms with Gasteiger partial charge in [-0.2, -0.15) is 0 Å². The lowest BCUT2D eigenvalue weighted by molar-refractivity contribution is -0.384. The van der Waals surface area contributed by atoms with Crippen molar-refractivity contribution in [3.8, 4) is 5.75 Å². The van der Waals surface area contributed by atoms with Crippen LogP contribution in [0.25, 0.3) is 5.57 Å². The van der Waals surface area contributed by atoms with Crippen LogP contribution in [0.5, 0.6) is 5.75 Å². The second-order valence-corrected chi connectivity index (χ2v) is 21.4. The number of sulfonamides is 1. The summed E-state index contributed by atoms with van der Waals surface area (Å²) in [5.74, 6) is -0.355. The van der Waals surface area contributed by atoms with Gasteiger partial charge < -0.3 is 19.9 Å². The van der Waals surface area contributed by atoms with Gasteiger partial charge in [0.1, 0.15) is 17.5 Å². The van der Waals surface area contributed by atoms with Gasteiger partial charge in [-0.05, 0) is 117 Å². The molecule has 63 heavy (non-hydrogen) atoms. The van der Waals surface area contributed by atoms with Gasteiger partial charge in [0, 0.05) is 99.2 Å². The lowest BCUT2D eigenvalue weighted by Gasteiger charge is -2.39. The number of rotatable bonds is 13. The molecule has 9 rings (SSSR count). The zero-order valence-electron chi connectivity index (χ0n) is 36.4. The van der Waals surface area contributed by atoms with E-state index in [1.54, 1.807) is 6.07 Å². The van der Waals surface area contributed by atoms with Crippen molar-refractivity contribution >= 4 is 50.2 Å². The van der Waals surface area contributed by atoms with Gasteiger partial charge in [-0.25, -0.2) is 13.1 Å². The summed E-state index contributed by atoms with van der Waals surface area (Å²) in [7, 11) is -4.51. The van der Waals surface area contributed by atoms with Crippen molar-refractivity contribution in [3.63, 3.8) is 0 Å². The highest BCUT2D eigenvalue weighted by molar-refractivity contribution is 7.90. The van der Waals surface area contributed by atoms with Gasteiger partial charge in [-0.15, -0.1) is 0 Å². The number of piperidine rings is 1. The number of allylic oxidation sites excluding steroid dienone is 1. The Labute approximate surface area is 376 Å². The smallest absolute Gasteiger partial charge is 0.293 e. The fraction of sp³-hybridized carbons (Fsp3) is 0.553. The van der Waals surface area contributed by atoms with Crippen molar-refractivity contribution in [1.82, 2.24) is 25.4 Å². The van der Waals surface area contributed by atoms with Crippen LogP contribution in [-0.2, 0) is 10.0 Å². The van der Waals surface area contributed by atoms with E-state index in [-0.39, 0.29) is 51.4 Å². The van der Waals surface area contributed by atoms with E-state index in [1.807, 2.05) is 24.3 Å². The topological polar surface area (TPSA) is 161 Å². The second-order valence-electron chi connectivity index (χ2n) is 19.3. The van der Waals surface area contributed by atoms with Crippen LogP contribution in [0, 0.1) is 21.4 Å². The molecule has 14 nitrogen and oxygen atoms in total. The summed E-state index contributed by atoms with van der Waals surface area (Å²) in [6.45, 7) is 11.5. The van der Waals surface area contributed by atoms with Gasteiger partial charge >= 0.3 is 0 Å². The molecule has 3 atom stereocenters. The molecule has 3 aliphatic carbocycles. The molecule has 0 spiro atoms. The van der Waals surface area contributed by atoms with Crippen LogP contribution in [0.4, 0.5) is 17.1 Å². The number of hydrazine groups is 1. The number of anilines is 2. The maximum absolute atomic E-state index is 14.1. The van der Waals surface area contributed by atoms with E-state index >= 15 is 0 Å². The summed E-state index contributed by atoms with van der Waals surface area (Å²) in [6, 6.07) is 18.4. The predicted octanol–water partition coefficient (Wildman–Crippen LogP) is 7.22. The molecule has 3 aromatic carbocycles. The number of hydrogen-bond acceptors (Lipinski definition) is 12. The first-order valence-electron chi connectivity index (χ1n) is 22.9. The number of nitrogens with one attached hydrogen (secondary N) is 4. The number of ether oxygens (including phenoxy) is 1. The number of nitro groups is 1. The van der Waals surface area contributed by atoms with Crippen LogP contribution in [-0.4, -0.2) is 106 Å². The molecule has 5 fully saturated rings. The van der Waals surface area contributed by atoms with E-state index in [0.29, 0.717) is 11.8 Å². The number of nitrogens with zero attached hydrogens (tertiary/aromatic N) is 4. The number of fused-ring (bicyclic) bond motifs is 1. The molecule has 3 aromatic rings. The quantitative estimate of drug-likeness (QED) is 0.101. The van der Waals surface area contributed by atoms with E-state index in [2.05, 4.69) is 61.6 Å². The monoisotopic (exact) mass is 900 g/mol. The van der Waals surface area contributed by atoms with E-state index in [4.69, 9.17) is 16.3 Å². The predicted molar refractivity (Wildman–Crippen MR) is 247 cm³/mol. The van der Waals surface area contributed by atoms with Crippen LogP contribution >= 0.6 is 11.6 Å². The molecule has 2 saturated carbocycles. The van der Waals surface area contributed by atoms with E-state index in [1.165, 1.54) is 41.7 Å². The minimum absolute atomic E-state index is 0.0439. The highest BCUT2D eigenvalue weighted by atomic mass is 35.5. The van der Waals surface area contributed by atoms with Gasteiger partial charge in [-0.3, -0.25) is 30.7 Å². The molecule has 16 heteroatoms. The zero-order valence-corrected chi connectivity index (χ0v) is 38.0. The van der Waals surface area contributed by atoms with Crippen LogP contribution in [0.15, 0.2) is 71.1 Å². The Hall–Kier alpha value is -4.25. The van der Waals surface area contributed by atoms with Crippen LogP contribution in [0.1, 0.15) is 94.0 Å². The Bertz CT molecular complexity index is 2320. The second kappa shape index (κ2) is 18.3. The van der Waals surface area contributed by atoms with Crippen molar-refractivity contribution in [2.45, 2.75) is 107 Å². The van der Waals surface area contributed by atoms with Gasteiger partial charge in [0.2, 0.25) is 0 Å². The van der Waals surface area contributed by atoms with Crippen molar-refractivity contribution < 1.29 is 22.9 Å². The molecule has 1 amide bonds. The Morgan fingerprint density at radius 1 is 0.952 bits per heavy atom. The Morgan fingerprint density at radius 2 is 1.71 bits per heavy atom. The summed E-state index contributed by atoms with van der Waals surface area (Å²) in [5.41, 5.74) is 11.9. The third-order valence-electron chi connectivity index (χ3n) is 14.3. The number of piperazine rings is 1. The van der Waals surface area contributed by atoms with Crippen molar-refractivity contribution in [2.75, 3.05) is 62.6 Å². The minimum Gasteiger partial charge on any atom is -0.489 e. The Morgan fingerprint density at radius 3 is 2.44 bits per heavy atom. The fourth-order valence-electron chi connectivity index (χ4n) is 10.4. The van der Waals surface area contributed by atoms with Gasteiger partial charge in [0.25, 0.3) is 21.6 Å². The van der Waals surface area contributed by atoms with Crippen molar-refractivity contribution in [3.05, 3.63) is 92.5 Å². The summed E-state index contributed by atoms with van der Waals surface area (Å²) in [4.78, 5) is 32.7. The molecule has 3 aliphatic heterocycles. The summed E-state index contributed by atoms with van der Waals surface area (Å²) in [5, 5.41) is 16.3. The molecule has 0 bridgehead atoms. The molecule has 3 saturated heterocycles. The maximum atomic E-state index is 14.1. The fourth-order valence-corrected chi connectivity index (χ4v) is 11.6. The third-order valence-corrected chi connectivity index (χ3v) is 15.9. The van der Waals surface area contributed by atoms with Crippen LogP contribution in [0.3, 0.4) is 0 Å². The molecular weight excluding hydrogens is 840 g/mol. The Kier molecular flexibility index (Phi) is 12.8. The first-order chi connectivity index (χ1) is 30.3. The summed E-state index contributed by atoms with van der Waals surface area (Å²) >= 11 is 6.26. The third kappa shape index (κ3) is 10.2. The largest absolute Gasteiger partial charge is 0.489 e. The number of benzene rings is 3. The summed E-state index contributed by atoms with van der Waals surface area (Å²) in [6.07, 6.45) is 10.0. The molecule has 4 N–H and O–H groups in total. The van der Waals surface area contributed by atoms with Crippen LogP contribution < -0.4 is 30.5 Å². The lowest BCUT2D eigenvalue weighted by atomic mass is 9.72. The van der Waals surface area contributed by atoms with E-state index < -0.39 is 20.9 Å². The SMILES string of the molecule is CC1(C)CCC(CN2CCN(c3ccc(C(=O)NS(=O)(=O)c4ccc(NC5CCN(C6CC6)CC5)c([N+](=O)[O-])c4)c(OC4CCCC5NNCC54)c3)CC2)=C(c2ccc(Cl)cc2)C1. The van der Waals surface area contributed by atoms with Gasteiger partial charge in [0.05, 0.1) is 15.4 Å². The number of amides is 1. The Balaban J connectivity index is 0.909. The molecule has 0 radical (unpaired) electrons. The average Bonchev–Trinajstić information content (AvgIpc) is 4.00. The molecule has 338 valence electrons.